The summed E-state index contributed by atoms with van der Waals surface area (Å²) in [6.45, 7) is 1.93. The summed E-state index contributed by atoms with van der Waals surface area (Å²) in [5, 5.41) is 9.16. The Kier molecular flexibility index (Phi) is 6.35. The summed E-state index contributed by atoms with van der Waals surface area (Å²) in [7, 11) is 1.57. The molecule has 1 aromatic carbocycles. The highest BCUT2D eigenvalue weighted by atomic mass is 16.5. The van der Waals surface area contributed by atoms with Gasteiger partial charge >= 0.3 is 6.03 Å². The molecule has 2 aliphatic heterocycles. The molecule has 0 bridgehead atoms. The smallest absolute Gasteiger partial charge is 0.325 e. The van der Waals surface area contributed by atoms with Gasteiger partial charge in [-0.25, -0.2) is 14.8 Å². The fraction of sp³-hybridized carbons (Fsp3) is 0.409. The number of anilines is 1. The highest BCUT2D eigenvalue weighted by molar-refractivity contribution is 5.97. The van der Waals surface area contributed by atoms with E-state index in [0.717, 1.165) is 12.8 Å². The summed E-state index contributed by atoms with van der Waals surface area (Å²) in [6.07, 6.45) is 4.13. The van der Waals surface area contributed by atoms with Crippen molar-refractivity contribution in [2.24, 2.45) is 0 Å². The van der Waals surface area contributed by atoms with Crippen molar-refractivity contribution in [3.05, 3.63) is 42.4 Å². The lowest BCUT2D eigenvalue weighted by Gasteiger charge is -2.33. The van der Waals surface area contributed by atoms with E-state index in [-0.39, 0.29) is 36.2 Å². The van der Waals surface area contributed by atoms with Crippen LogP contribution in [0.5, 0.6) is 11.6 Å². The number of methoxy groups -OCH3 is 1. The van der Waals surface area contributed by atoms with Gasteiger partial charge in [0.1, 0.15) is 24.5 Å². The van der Waals surface area contributed by atoms with Gasteiger partial charge in [-0.15, -0.1) is 0 Å². The van der Waals surface area contributed by atoms with E-state index in [1.165, 1.54) is 12.4 Å². The van der Waals surface area contributed by atoms with Crippen LogP contribution in [0.1, 0.15) is 18.5 Å². The van der Waals surface area contributed by atoms with Crippen molar-refractivity contribution >= 4 is 17.6 Å². The fourth-order valence-corrected chi connectivity index (χ4v) is 3.98. The Hall–Kier alpha value is -3.87. The lowest BCUT2D eigenvalue weighted by atomic mass is 10.1. The van der Waals surface area contributed by atoms with Crippen LogP contribution in [0.3, 0.4) is 0 Å². The number of ether oxygens (including phenoxy) is 2. The molecule has 10 heteroatoms. The summed E-state index contributed by atoms with van der Waals surface area (Å²) in [5.41, 5.74) is 0.814. The molecule has 0 aliphatic carbocycles. The first-order valence-electron chi connectivity index (χ1n) is 10.5. The van der Waals surface area contributed by atoms with Crippen LogP contribution < -0.4 is 14.4 Å². The molecule has 4 rings (SSSR count). The third-order valence-electron chi connectivity index (χ3n) is 5.58. The Morgan fingerprint density at radius 1 is 1.22 bits per heavy atom. The van der Waals surface area contributed by atoms with E-state index >= 15 is 0 Å². The van der Waals surface area contributed by atoms with Crippen LogP contribution in [-0.2, 0) is 4.79 Å². The number of para-hydroxylation sites is 2. The number of carbonyl (C=O) groups excluding carboxylic acids is 2. The second-order valence-electron chi connectivity index (χ2n) is 7.57. The molecule has 0 N–H and O–H groups in total. The van der Waals surface area contributed by atoms with E-state index in [0.29, 0.717) is 37.6 Å². The molecule has 2 aliphatic rings. The third-order valence-corrected chi connectivity index (χ3v) is 5.58. The Balaban J connectivity index is 1.36. The third kappa shape index (κ3) is 4.42. The molecular formula is C22H24N6O4. The van der Waals surface area contributed by atoms with Crippen LogP contribution in [0.15, 0.2) is 36.7 Å². The number of nitriles is 1. The number of hydrogen-bond donors (Lipinski definition) is 0. The normalized spacial score (nSPS) is 18.4. The second-order valence-corrected chi connectivity index (χ2v) is 7.57. The topological polar surface area (TPSA) is 112 Å². The quantitative estimate of drug-likeness (QED) is 0.677. The van der Waals surface area contributed by atoms with E-state index in [2.05, 4.69) is 9.97 Å². The Bertz CT molecular complexity index is 1040. The zero-order chi connectivity index (χ0) is 22.5. The second kappa shape index (κ2) is 9.51. The molecule has 1 unspecified atom stereocenters. The molecule has 1 atom stereocenters. The SMILES string of the molecule is COc1ccccc1N1CCN(CC(=O)N2CCCC(Oc3nccnc3C#N)C2)C1=O. The highest BCUT2D eigenvalue weighted by Crippen LogP contribution is 2.30. The number of likely N-dealkylation sites (tertiary alicyclic amines) is 1. The largest absolute Gasteiger partial charge is 0.495 e. The van der Waals surface area contributed by atoms with E-state index < -0.39 is 0 Å². The van der Waals surface area contributed by atoms with Crippen LogP contribution in [0.2, 0.25) is 0 Å². The molecular weight excluding hydrogens is 412 g/mol. The number of urea groups is 1. The summed E-state index contributed by atoms with van der Waals surface area (Å²) >= 11 is 0. The molecule has 2 saturated heterocycles. The van der Waals surface area contributed by atoms with Crippen LogP contribution >= 0.6 is 0 Å². The molecule has 1 aromatic heterocycles. The zero-order valence-corrected chi connectivity index (χ0v) is 17.8. The number of nitrogens with zero attached hydrogens (tertiary/aromatic N) is 6. The molecule has 0 saturated carbocycles. The van der Waals surface area contributed by atoms with E-state index in [1.54, 1.807) is 27.9 Å². The highest BCUT2D eigenvalue weighted by Gasteiger charge is 2.34. The number of hydrogen-bond acceptors (Lipinski definition) is 7. The maximum atomic E-state index is 12.9. The maximum absolute atomic E-state index is 12.9. The monoisotopic (exact) mass is 436 g/mol. The van der Waals surface area contributed by atoms with Gasteiger partial charge in [0.05, 0.1) is 19.3 Å². The molecule has 0 radical (unpaired) electrons. The van der Waals surface area contributed by atoms with Gasteiger partial charge in [0.25, 0.3) is 5.88 Å². The lowest BCUT2D eigenvalue weighted by molar-refractivity contribution is -0.134. The van der Waals surface area contributed by atoms with Crippen LogP contribution in [0, 0.1) is 11.3 Å². The van der Waals surface area contributed by atoms with Crippen LogP contribution in [-0.4, -0.2) is 77.6 Å². The average Bonchev–Trinajstić information content (AvgIpc) is 3.19. The van der Waals surface area contributed by atoms with Crippen molar-refractivity contribution in [3.63, 3.8) is 0 Å². The molecule has 2 fully saturated rings. The van der Waals surface area contributed by atoms with Crippen molar-refractivity contribution in [3.8, 4) is 17.7 Å². The number of piperidine rings is 1. The minimum Gasteiger partial charge on any atom is -0.495 e. The first kappa shape index (κ1) is 21.4. The average molecular weight is 436 g/mol. The van der Waals surface area contributed by atoms with Crippen molar-refractivity contribution in [1.82, 2.24) is 19.8 Å². The summed E-state index contributed by atoms with van der Waals surface area (Å²) in [5.74, 6) is 0.662. The number of carbonyl (C=O) groups is 2. The van der Waals surface area contributed by atoms with Crippen molar-refractivity contribution in [2.75, 3.05) is 44.7 Å². The van der Waals surface area contributed by atoms with Crippen LogP contribution in [0.25, 0.3) is 0 Å². The number of amides is 3. The van der Waals surface area contributed by atoms with Gasteiger partial charge in [-0.3, -0.25) is 9.69 Å². The molecule has 166 valence electrons. The van der Waals surface area contributed by atoms with Crippen molar-refractivity contribution in [2.45, 2.75) is 18.9 Å². The van der Waals surface area contributed by atoms with E-state index in [4.69, 9.17) is 14.7 Å². The van der Waals surface area contributed by atoms with Crippen LogP contribution in [0.4, 0.5) is 10.5 Å². The number of aromatic nitrogens is 2. The Morgan fingerprint density at radius 2 is 2.03 bits per heavy atom. The first-order chi connectivity index (χ1) is 15.6. The molecule has 3 heterocycles. The standard InChI is InChI=1S/C22H24N6O4/c1-31-19-7-3-2-6-18(19)28-12-11-27(22(28)30)15-20(29)26-10-4-5-16(14-26)32-21-17(13-23)24-8-9-25-21/h2-3,6-9,16H,4-5,10-12,14-15H2,1H3. The molecule has 2 aromatic rings. The van der Waals surface area contributed by atoms with Gasteiger partial charge in [-0.05, 0) is 25.0 Å². The van der Waals surface area contributed by atoms with Gasteiger partial charge in [0.2, 0.25) is 11.6 Å². The van der Waals surface area contributed by atoms with E-state index in [1.807, 2.05) is 24.3 Å². The van der Waals surface area contributed by atoms with Gasteiger partial charge in [0, 0.05) is 32.0 Å². The van der Waals surface area contributed by atoms with E-state index in [9.17, 15) is 9.59 Å². The fourth-order valence-electron chi connectivity index (χ4n) is 3.98. The summed E-state index contributed by atoms with van der Waals surface area (Å²) < 4.78 is 11.2. The number of rotatable bonds is 6. The molecule has 0 spiro atoms. The molecule has 3 amide bonds. The first-order valence-corrected chi connectivity index (χ1v) is 10.5. The van der Waals surface area contributed by atoms with Gasteiger partial charge in [0.15, 0.2) is 0 Å². The Morgan fingerprint density at radius 3 is 2.84 bits per heavy atom. The number of benzene rings is 1. The minimum absolute atomic E-state index is 0.00574. The predicted molar refractivity (Wildman–Crippen MR) is 114 cm³/mol. The predicted octanol–water partition coefficient (Wildman–Crippen LogP) is 1.67. The molecule has 32 heavy (non-hydrogen) atoms. The maximum Gasteiger partial charge on any atom is 0.325 e. The van der Waals surface area contributed by atoms with Gasteiger partial charge < -0.3 is 19.3 Å². The molecule has 10 nitrogen and oxygen atoms in total. The van der Waals surface area contributed by atoms with Gasteiger partial charge in [-0.2, -0.15) is 5.26 Å². The minimum atomic E-state index is -0.282. The Labute approximate surface area is 186 Å². The summed E-state index contributed by atoms with van der Waals surface area (Å²) in [6, 6.07) is 9.07. The van der Waals surface area contributed by atoms with Crippen molar-refractivity contribution in [1.29, 1.82) is 5.26 Å². The lowest BCUT2D eigenvalue weighted by Crippen LogP contribution is -2.48. The summed E-state index contributed by atoms with van der Waals surface area (Å²) in [4.78, 5) is 38.8. The van der Waals surface area contributed by atoms with Gasteiger partial charge in [-0.1, -0.05) is 12.1 Å². The van der Waals surface area contributed by atoms with Crippen molar-refractivity contribution < 1.29 is 19.1 Å². The zero-order valence-electron chi connectivity index (χ0n) is 17.8.